The van der Waals surface area contributed by atoms with Gasteiger partial charge in [0, 0.05) is 32.1 Å². The molecule has 1 aliphatic rings. The largest absolute Gasteiger partial charge is 0.340 e. The van der Waals surface area contributed by atoms with Crippen molar-refractivity contribution >= 4 is 27.0 Å². The number of H-pyrrole nitrogens is 2. The minimum atomic E-state index is -3.76. The van der Waals surface area contributed by atoms with E-state index in [0.717, 1.165) is 0 Å². The first-order valence-corrected chi connectivity index (χ1v) is 9.69. The lowest BCUT2D eigenvalue weighted by Crippen LogP contribution is -2.51. The molecule has 2 heterocycles. The number of aromatic nitrogens is 2. The Morgan fingerprint density at radius 3 is 2.15 bits per heavy atom. The molecule has 0 unspecified atom stereocenters. The molecule has 0 bridgehead atoms. The van der Waals surface area contributed by atoms with Crippen LogP contribution in [0.2, 0.25) is 0 Å². The number of nitrogens with zero attached hydrogens (tertiary/aromatic N) is 2. The molecule has 0 atom stereocenters. The van der Waals surface area contributed by atoms with Crippen molar-refractivity contribution in [3.05, 3.63) is 38.9 Å². The Morgan fingerprint density at radius 1 is 1.00 bits per heavy atom. The summed E-state index contributed by atoms with van der Waals surface area (Å²) < 4.78 is 27.0. The predicted molar refractivity (Wildman–Crippen MR) is 95.4 cm³/mol. The average molecular weight is 380 g/mol. The number of hydrogen-bond acceptors (Lipinski definition) is 5. The number of carbonyl (C=O) groups excluding carboxylic acids is 1. The molecule has 0 saturated carbocycles. The van der Waals surface area contributed by atoms with Crippen LogP contribution in [0.3, 0.4) is 0 Å². The number of sulfonamides is 1. The van der Waals surface area contributed by atoms with Gasteiger partial charge in [-0.3, -0.25) is 14.4 Å². The summed E-state index contributed by atoms with van der Waals surface area (Å²) in [6.07, 6.45) is 0. The summed E-state index contributed by atoms with van der Waals surface area (Å²) in [7, 11) is -3.76. The molecule has 1 saturated heterocycles. The van der Waals surface area contributed by atoms with E-state index < -0.39 is 21.1 Å². The number of hydrogen-bond donors (Lipinski definition) is 2. The number of amides is 1. The Labute approximate surface area is 149 Å². The zero-order chi connectivity index (χ0) is 19.1. The smallest absolute Gasteiger partial charge is 0.314 e. The number of fused-ring (bicyclic) bond motifs is 1. The average Bonchev–Trinajstić information content (AvgIpc) is 2.61. The zero-order valence-electron chi connectivity index (χ0n) is 14.5. The lowest BCUT2D eigenvalue weighted by Gasteiger charge is -2.34. The van der Waals surface area contributed by atoms with Gasteiger partial charge in [-0.1, -0.05) is 13.8 Å². The highest BCUT2D eigenvalue weighted by atomic mass is 32.2. The van der Waals surface area contributed by atoms with E-state index in [1.807, 2.05) is 13.8 Å². The van der Waals surface area contributed by atoms with Gasteiger partial charge in [0.25, 0.3) is 0 Å². The third-order valence-electron chi connectivity index (χ3n) is 4.38. The van der Waals surface area contributed by atoms with Crippen LogP contribution in [-0.2, 0) is 14.8 Å². The Bertz CT molecular complexity index is 1060. The monoisotopic (exact) mass is 380 g/mol. The van der Waals surface area contributed by atoms with Crippen molar-refractivity contribution in [3.8, 4) is 0 Å². The standard InChI is InChI=1S/C16H20N4O5S/c1-10(2)16(23)19-5-7-20(8-6-19)26(24,25)11-3-4-12-13(9-11)18-15(22)14(21)17-12/h3-4,9-10H,5-8H2,1-2H3,(H,17,21)(H,18,22). The first-order valence-electron chi connectivity index (χ1n) is 8.25. The summed E-state index contributed by atoms with van der Waals surface area (Å²) in [6.45, 7) is 4.72. The van der Waals surface area contributed by atoms with E-state index in [-0.39, 0.29) is 35.3 Å². The van der Waals surface area contributed by atoms with Gasteiger partial charge in [0.1, 0.15) is 0 Å². The normalized spacial score (nSPS) is 16.3. The summed E-state index contributed by atoms with van der Waals surface area (Å²) in [5, 5.41) is 0. The molecule has 3 rings (SSSR count). The first-order chi connectivity index (χ1) is 12.2. The summed E-state index contributed by atoms with van der Waals surface area (Å²) in [5.41, 5.74) is -1.04. The maximum atomic E-state index is 12.9. The molecule has 1 aliphatic heterocycles. The highest BCUT2D eigenvalue weighted by molar-refractivity contribution is 7.89. The van der Waals surface area contributed by atoms with E-state index in [9.17, 15) is 22.8 Å². The summed E-state index contributed by atoms with van der Waals surface area (Å²) in [6, 6.07) is 4.16. The number of benzene rings is 1. The SMILES string of the molecule is CC(C)C(=O)N1CCN(S(=O)(=O)c2ccc3[nH]c(=O)c(=O)[nH]c3c2)CC1. The fourth-order valence-electron chi connectivity index (χ4n) is 2.92. The molecule has 0 aliphatic carbocycles. The van der Waals surface area contributed by atoms with Crippen LogP contribution in [0.5, 0.6) is 0 Å². The summed E-state index contributed by atoms with van der Waals surface area (Å²) in [5.74, 6) is -0.119. The second kappa shape index (κ2) is 6.69. The van der Waals surface area contributed by atoms with Crippen molar-refractivity contribution in [2.24, 2.45) is 5.92 Å². The van der Waals surface area contributed by atoms with Gasteiger partial charge in [-0.15, -0.1) is 0 Å². The Kier molecular flexibility index (Phi) is 4.72. The number of piperazine rings is 1. The molecule has 1 aromatic carbocycles. The molecule has 0 spiro atoms. The van der Waals surface area contributed by atoms with E-state index in [0.29, 0.717) is 18.6 Å². The van der Waals surface area contributed by atoms with Crippen molar-refractivity contribution in [2.45, 2.75) is 18.7 Å². The van der Waals surface area contributed by atoms with Crippen LogP contribution < -0.4 is 11.1 Å². The van der Waals surface area contributed by atoms with Crippen molar-refractivity contribution < 1.29 is 13.2 Å². The molecule has 10 heteroatoms. The van der Waals surface area contributed by atoms with E-state index in [1.54, 1.807) is 4.90 Å². The van der Waals surface area contributed by atoms with Crippen LogP contribution in [0.25, 0.3) is 11.0 Å². The van der Waals surface area contributed by atoms with Gasteiger partial charge < -0.3 is 14.9 Å². The van der Waals surface area contributed by atoms with Gasteiger partial charge >= 0.3 is 11.1 Å². The Morgan fingerprint density at radius 2 is 1.58 bits per heavy atom. The van der Waals surface area contributed by atoms with Crippen molar-refractivity contribution in [3.63, 3.8) is 0 Å². The van der Waals surface area contributed by atoms with E-state index in [2.05, 4.69) is 9.97 Å². The Hall–Kier alpha value is -2.46. The molecular weight excluding hydrogens is 360 g/mol. The number of carbonyl (C=O) groups is 1. The molecule has 2 aromatic rings. The van der Waals surface area contributed by atoms with Crippen LogP contribution >= 0.6 is 0 Å². The minimum Gasteiger partial charge on any atom is -0.340 e. The van der Waals surface area contributed by atoms with Crippen molar-refractivity contribution in [1.82, 2.24) is 19.2 Å². The van der Waals surface area contributed by atoms with E-state index in [1.165, 1.54) is 22.5 Å². The molecule has 140 valence electrons. The van der Waals surface area contributed by atoms with Gasteiger partial charge in [-0.05, 0) is 18.2 Å². The van der Waals surface area contributed by atoms with Gasteiger partial charge in [0.05, 0.1) is 15.9 Å². The minimum absolute atomic E-state index is 0.00860. The molecule has 1 amide bonds. The molecule has 0 radical (unpaired) electrons. The van der Waals surface area contributed by atoms with Crippen LogP contribution in [-0.4, -0.2) is 59.7 Å². The third kappa shape index (κ3) is 3.29. The predicted octanol–water partition coefficient (Wildman–Crippen LogP) is -0.295. The van der Waals surface area contributed by atoms with Crippen LogP contribution in [0.1, 0.15) is 13.8 Å². The quantitative estimate of drug-likeness (QED) is 0.708. The number of aromatic amines is 2. The Balaban J connectivity index is 1.86. The van der Waals surface area contributed by atoms with Gasteiger partial charge in [0.15, 0.2) is 0 Å². The molecule has 1 fully saturated rings. The molecule has 9 nitrogen and oxygen atoms in total. The number of rotatable bonds is 3. The van der Waals surface area contributed by atoms with Gasteiger partial charge in [-0.2, -0.15) is 4.31 Å². The maximum Gasteiger partial charge on any atom is 0.314 e. The summed E-state index contributed by atoms with van der Waals surface area (Å²) in [4.78, 5) is 41.3. The fourth-order valence-corrected chi connectivity index (χ4v) is 4.37. The van der Waals surface area contributed by atoms with Gasteiger partial charge in [0.2, 0.25) is 15.9 Å². The molecular formula is C16H20N4O5S. The number of nitrogens with one attached hydrogen (secondary N) is 2. The lowest BCUT2D eigenvalue weighted by atomic mass is 10.2. The second-order valence-corrected chi connectivity index (χ2v) is 8.44. The maximum absolute atomic E-state index is 12.9. The topological polar surface area (TPSA) is 123 Å². The van der Waals surface area contributed by atoms with E-state index >= 15 is 0 Å². The van der Waals surface area contributed by atoms with Crippen molar-refractivity contribution in [1.29, 1.82) is 0 Å². The van der Waals surface area contributed by atoms with E-state index in [4.69, 9.17) is 0 Å². The zero-order valence-corrected chi connectivity index (χ0v) is 15.3. The highest BCUT2D eigenvalue weighted by Crippen LogP contribution is 2.20. The molecule has 26 heavy (non-hydrogen) atoms. The van der Waals surface area contributed by atoms with Crippen LogP contribution in [0, 0.1) is 5.92 Å². The molecule has 1 aromatic heterocycles. The summed E-state index contributed by atoms with van der Waals surface area (Å²) >= 11 is 0. The molecule has 2 N–H and O–H groups in total. The first kappa shape index (κ1) is 18.3. The van der Waals surface area contributed by atoms with Crippen LogP contribution in [0.15, 0.2) is 32.7 Å². The van der Waals surface area contributed by atoms with Crippen molar-refractivity contribution in [2.75, 3.05) is 26.2 Å². The lowest BCUT2D eigenvalue weighted by molar-refractivity contribution is -0.135. The third-order valence-corrected chi connectivity index (χ3v) is 6.27. The highest BCUT2D eigenvalue weighted by Gasteiger charge is 2.30. The van der Waals surface area contributed by atoms with Crippen LogP contribution in [0.4, 0.5) is 0 Å². The second-order valence-electron chi connectivity index (χ2n) is 6.50. The van der Waals surface area contributed by atoms with Gasteiger partial charge in [-0.25, -0.2) is 8.42 Å². The fraction of sp³-hybridized carbons (Fsp3) is 0.438.